The van der Waals surface area contributed by atoms with E-state index in [4.69, 9.17) is 20.2 Å². The Morgan fingerprint density at radius 1 is 1.06 bits per heavy atom. The van der Waals surface area contributed by atoms with Gasteiger partial charge >= 0.3 is 0 Å². The van der Waals surface area contributed by atoms with Gasteiger partial charge in [0, 0.05) is 70.7 Å². The largest absolute Gasteiger partial charge is 0.454 e. The average Bonchev–Trinajstić information content (AvgIpc) is 3.86. The fourth-order valence-electron chi connectivity index (χ4n) is 7.37. The molecule has 16 nitrogen and oxygen atoms in total. The summed E-state index contributed by atoms with van der Waals surface area (Å²) in [6.45, 7) is 2.21. The number of benzene rings is 2. The number of imidazole rings is 1. The third-order valence-corrected chi connectivity index (χ3v) is 12.6. The van der Waals surface area contributed by atoms with Gasteiger partial charge in [0.05, 0.1) is 0 Å². The number of rotatable bonds is 10. The Hall–Kier alpha value is -4.98. The van der Waals surface area contributed by atoms with E-state index in [2.05, 4.69) is 47.8 Å². The number of nitrogens with two attached hydrogens (primary N) is 1. The monoisotopic (exact) mass is 865 g/mol. The number of piperidine rings is 2. The van der Waals surface area contributed by atoms with Crippen LogP contribution >= 0.6 is 34.4 Å². The van der Waals surface area contributed by atoms with Crippen molar-refractivity contribution in [2.24, 2.45) is 5.92 Å². The molecule has 5 amide bonds. The number of nitrogens with zero attached hydrogens (tertiary/aromatic N) is 6. The first-order chi connectivity index (χ1) is 26.1. The zero-order chi connectivity index (χ0) is 37.5. The highest BCUT2D eigenvalue weighted by Gasteiger charge is 2.40. The van der Waals surface area contributed by atoms with Crippen LogP contribution in [-0.2, 0) is 32.3 Å². The number of imide groups is 1. The van der Waals surface area contributed by atoms with Crippen molar-refractivity contribution in [3.05, 3.63) is 51.4 Å². The van der Waals surface area contributed by atoms with Crippen LogP contribution in [0.5, 0.6) is 11.5 Å². The Kier molecular flexibility index (Phi) is 10.0. The number of hydrogen-bond donors (Lipinski definition) is 3. The summed E-state index contributed by atoms with van der Waals surface area (Å²) in [6.07, 6.45) is 4.44. The smallest absolute Gasteiger partial charge is 0.255 e. The molecule has 4 aromatic rings. The molecular formula is C36H36IN9O7S. The van der Waals surface area contributed by atoms with Crippen molar-refractivity contribution in [3.63, 3.8) is 0 Å². The van der Waals surface area contributed by atoms with Crippen molar-refractivity contribution in [3.8, 4) is 11.5 Å². The van der Waals surface area contributed by atoms with E-state index in [1.54, 1.807) is 18.2 Å². The third-order valence-electron chi connectivity index (χ3n) is 10.3. The molecule has 4 N–H and O–H groups in total. The summed E-state index contributed by atoms with van der Waals surface area (Å²) in [7, 11) is 0. The lowest BCUT2D eigenvalue weighted by Gasteiger charge is -2.32. The maximum atomic E-state index is 13.2. The molecule has 2 aromatic heterocycles. The van der Waals surface area contributed by atoms with E-state index in [9.17, 15) is 24.0 Å². The van der Waals surface area contributed by atoms with Gasteiger partial charge in [0.25, 0.3) is 5.91 Å². The van der Waals surface area contributed by atoms with Gasteiger partial charge in [0.15, 0.2) is 33.6 Å². The maximum absolute atomic E-state index is 13.2. The lowest BCUT2D eigenvalue weighted by atomic mass is 9.93. The zero-order valence-corrected chi connectivity index (χ0v) is 32.0. The summed E-state index contributed by atoms with van der Waals surface area (Å²) in [4.78, 5) is 81.1. The van der Waals surface area contributed by atoms with Crippen molar-refractivity contribution in [2.75, 3.05) is 30.9 Å². The van der Waals surface area contributed by atoms with Crippen LogP contribution in [0.25, 0.3) is 11.2 Å². The molecule has 2 aromatic carbocycles. The number of anilines is 2. The number of ether oxygens (including phenoxy) is 2. The first kappa shape index (κ1) is 36.0. The van der Waals surface area contributed by atoms with E-state index in [1.165, 1.54) is 23.0 Å². The van der Waals surface area contributed by atoms with E-state index in [0.29, 0.717) is 65.1 Å². The molecule has 1 unspecified atom stereocenters. The number of carbonyl (C=O) groups excluding carboxylic acids is 5. The normalized spacial score (nSPS) is 18.3. The SMILES string of the molecule is Nc1ncnc2c1nc(Sc1cc3c(cc1I)OCO3)n2CCC1CCN(C(=O)CCC(=O)Nc2cccc3c2CN(C2CCC(=O)NC2=O)C3=O)CC1. The Morgan fingerprint density at radius 2 is 1.85 bits per heavy atom. The summed E-state index contributed by atoms with van der Waals surface area (Å²) in [5.74, 6) is 0.527. The fourth-order valence-corrected chi connectivity index (χ4v) is 9.08. The minimum absolute atomic E-state index is 0.00528. The molecule has 1 atom stereocenters. The number of fused-ring (bicyclic) bond motifs is 3. The average molecular weight is 866 g/mol. The van der Waals surface area contributed by atoms with E-state index >= 15 is 0 Å². The van der Waals surface area contributed by atoms with Crippen molar-refractivity contribution in [1.29, 1.82) is 0 Å². The second-order valence-corrected chi connectivity index (χ2v) is 15.8. The number of aryl methyl sites for hydroxylation is 1. The molecule has 0 aliphatic carbocycles. The number of aromatic nitrogens is 4. The third kappa shape index (κ3) is 7.15. The zero-order valence-electron chi connectivity index (χ0n) is 29.0. The second-order valence-electron chi connectivity index (χ2n) is 13.6. The van der Waals surface area contributed by atoms with E-state index < -0.39 is 11.9 Å². The predicted molar refractivity (Wildman–Crippen MR) is 203 cm³/mol. The van der Waals surface area contributed by atoms with Crippen LogP contribution in [0, 0.1) is 9.49 Å². The second kappa shape index (κ2) is 15.0. The lowest BCUT2D eigenvalue weighted by molar-refractivity contribution is -0.137. The molecule has 8 rings (SSSR count). The molecule has 6 heterocycles. The summed E-state index contributed by atoms with van der Waals surface area (Å²) in [5, 5.41) is 5.91. The molecule has 54 heavy (non-hydrogen) atoms. The molecular weight excluding hydrogens is 829 g/mol. The van der Waals surface area contributed by atoms with E-state index in [-0.39, 0.29) is 62.6 Å². The quantitative estimate of drug-likeness (QED) is 0.154. The molecule has 4 aliphatic rings. The van der Waals surface area contributed by atoms with Gasteiger partial charge in [0.1, 0.15) is 12.4 Å². The minimum atomic E-state index is -0.750. The summed E-state index contributed by atoms with van der Waals surface area (Å²) >= 11 is 3.79. The first-order valence-electron chi connectivity index (χ1n) is 17.7. The van der Waals surface area contributed by atoms with Crippen LogP contribution in [0.2, 0.25) is 0 Å². The molecule has 0 bridgehead atoms. The van der Waals surface area contributed by atoms with Gasteiger partial charge in [-0.1, -0.05) is 17.8 Å². The number of likely N-dealkylation sites (tertiary alicyclic amines) is 1. The number of nitrogens with one attached hydrogen (secondary N) is 2. The van der Waals surface area contributed by atoms with E-state index in [1.807, 2.05) is 17.0 Å². The molecule has 0 spiro atoms. The standard InChI is InChI=1S/C36H36IN9O7S/c37-22-14-25-26(53-18-52-25)15-27(22)54-36-43-31-32(38)39-17-40-33(31)45(36)13-10-19-8-11-44(12-9-19)30(49)7-6-28(47)41-23-3-1-2-20-21(23)16-46(35(20)51)24-4-5-29(48)42-34(24)50/h1-3,14-15,17,19,24H,4-13,16,18H2,(H,41,47)(H2,38,39,40)(H,42,48,50). The Labute approximate surface area is 327 Å². The summed E-state index contributed by atoms with van der Waals surface area (Å²) in [5.41, 5.74) is 8.91. The van der Waals surface area contributed by atoms with Gasteiger partial charge in [-0.25, -0.2) is 15.0 Å². The highest BCUT2D eigenvalue weighted by molar-refractivity contribution is 14.1. The number of carbonyl (C=O) groups is 5. The molecule has 0 radical (unpaired) electrons. The number of nitrogen functional groups attached to an aromatic ring is 1. The van der Waals surface area contributed by atoms with Crippen LogP contribution in [0.4, 0.5) is 11.5 Å². The Bertz CT molecular complexity index is 2210. The van der Waals surface area contributed by atoms with Gasteiger partial charge in [-0.15, -0.1) is 0 Å². The Morgan fingerprint density at radius 3 is 2.65 bits per heavy atom. The van der Waals surface area contributed by atoms with Gasteiger partial charge in [-0.2, -0.15) is 0 Å². The van der Waals surface area contributed by atoms with Crippen LogP contribution < -0.4 is 25.8 Å². The summed E-state index contributed by atoms with van der Waals surface area (Å²) in [6, 6.07) is 8.20. The van der Waals surface area contributed by atoms with E-state index in [0.717, 1.165) is 38.6 Å². The predicted octanol–water partition coefficient (Wildman–Crippen LogP) is 3.70. The highest BCUT2D eigenvalue weighted by Crippen LogP contribution is 2.42. The van der Waals surface area contributed by atoms with Crippen molar-refractivity contribution < 1.29 is 33.4 Å². The minimum Gasteiger partial charge on any atom is -0.454 e. The molecule has 4 aliphatic heterocycles. The fraction of sp³-hybridized carbons (Fsp3) is 0.389. The molecule has 0 saturated carbocycles. The van der Waals surface area contributed by atoms with Gasteiger partial charge in [0.2, 0.25) is 30.4 Å². The molecule has 280 valence electrons. The van der Waals surface area contributed by atoms with Crippen LogP contribution in [0.1, 0.15) is 60.9 Å². The number of halogens is 1. The summed E-state index contributed by atoms with van der Waals surface area (Å²) < 4.78 is 14.2. The van der Waals surface area contributed by atoms with Crippen LogP contribution in [-0.4, -0.2) is 84.8 Å². The highest BCUT2D eigenvalue weighted by atomic mass is 127. The van der Waals surface area contributed by atoms with Crippen molar-refractivity contribution in [2.45, 2.75) is 74.1 Å². The molecule has 2 saturated heterocycles. The van der Waals surface area contributed by atoms with Crippen LogP contribution in [0.15, 0.2) is 46.7 Å². The number of hydrogen-bond acceptors (Lipinski definition) is 12. The van der Waals surface area contributed by atoms with Gasteiger partial charge in [-0.3, -0.25) is 29.3 Å². The lowest BCUT2D eigenvalue weighted by Crippen LogP contribution is -2.52. The topological polar surface area (TPSA) is 204 Å². The first-order valence-corrected chi connectivity index (χ1v) is 19.6. The van der Waals surface area contributed by atoms with Crippen molar-refractivity contribution in [1.82, 2.24) is 34.6 Å². The van der Waals surface area contributed by atoms with Crippen LogP contribution in [0.3, 0.4) is 0 Å². The number of amides is 5. The maximum Gasteiger partial charge on any atom is 0.255 e. The molecule has 2 fully saturated rings. The molecule has 18 heteroatoms. The Balaban J connectivity index is 0.838. The van der Waals surface area contributed by atoms with Crippen molar-refractivity contribution >= 4 is 86.6 Å². The van der Waals surface area contributed by atoms with Gasteiger partial charge < -0.3 is 34.9 Å². The van der Waals surface area contributed by atoms with Gasteiger partial charge in [-0.05, 0) is 78.5 Å².